The summed E-state index contributed by atoms with van der Waals surface area (Å²) in [5.74, 6) is -1.01. The zero-order valence-electron chi connectivity index (χ0n) is 17.6. The Morgan fingerprint density at radius 2 is 1.61 bits per heavy atom. The Morgan fingerprint density at radius 1 is 0.968 bits per heavy atom. The molecule has 0 aliphatic rings. The van der Waals surface area contributed by atoms with E-state index in [1.807, 2.05) is 68.4 Å². The van der Waals surface area contributed by atoms with Gasteiger partial charge in [-0.05, 0) is 29.5 Å². The van der Waals surface area contributed by atoms with Crippen LogP contribution in [0.2, 0.25) is 0 Å². The molecule has 2 atom stereocenters. The minimum absolute atomic E-state index is 0.0919. The quantitative estimate of drug-likeness (QED) is 0.475. The van der Waals surface area contributed by atoms with E-state index in [4.69, 9.17) is 10.5 Å². The Hall–Kier alpha value is -2.87. The summed E-state index contributed by atoms with van der Waals surface area (Å²) >= 11 is 3.43. The van der Waals surface area contributed by atoms with Crippen LogP contribution >= 0.6 is 15.9 Å². The van der Waals surface area contributed by atoms with Crippen molar-refractivity contribution >= 4 is 33.8 Å². The van der Waals surface area contributed by atoms with E-state index in [9.17, 15) is 14.4 Å². The van der Waals surface area contributed by atoms with Crippen molar-refractivity contribution in [1.29, 1.82) is 0 Å². The molecule has 0 aromatic heterocycles. The minimum Gasteiger partial charge on any atom is -0.445 e. The van der Waals surface area contributed by atoms with Gasteiger partial charge in [0.1, 0.15) is 18.7 Å². The number of rotatable bonds is 10. The lowest BCUT2D eigenvalue weighted by molar-refractivity contribution is -0.128. The van der Waals surface area contributed by atoms with Crippen LogP contribution in [0.25, 0.3) is 0 Å². The third-order valence-electron chi connectivity index (χ3n) is 4.57. The molecule has 0 unspecified atom stereocenters. The van der Waals surface area contributed by atoms with Crippen molar-refractivity contribution in [1.82, 2.24) is 10.6 Å². The highest BCUT2D eigenvalue weighted by Gasteiger charge is 2.27. The molecule has 7 nitrogen and oxygen atoms in total. The lowest BCUT2D eigenvalue weighted by Crippen LogP contribution is -2.54. The molecule has 0 fully saturated rings. The maximum Gasteiger partial charge on any atom is 0.408 e. The van der Waals surface area contributed by atoms with Crippen LogP contribution in [0.4, 0.5) is 4.79 Å². The van der Waals surface area contributed by atoms with Crippen LogP contribution in [0.15, 0.2) is 59.1 Å². The minimum atomic E-state index is -0.914. The van der Waals surface area contributed by atoms with Crippen molar-refractivity contribution in [3.05, 3.63) is 70.2 Å². The van der Waals surface area contributed by atoms with Crippen molar-refractivity contribution in [3.63, 3.8) is 0 Å². The van der Waals surface area contributed by atoms with Crippen molar-refractivity contribution in [2.24, 2.45) is 11.7 Å². The zero-order valence-corrected chi connectivity index (χ0v) is 19.2. The van der Waals surface area contributed by atoms with Gasteiger partial charge in [0.05, 0.1) is 0 Å². The molecule has 2 rings (SSSR count). The third-order valence-corrected chi connectivity index (χ3v) is 5.34. The number of ether oxygens (including phenoxy) is 1. The van der Waals surface area contributed by atoms with Gasteiger partial charge < -0.3 is 21.1 Å². The van der Waals surface area contributed by atoms with E-state index in [1.54, 1.807) is 0 Å². The Bertz CT molecular complexity index is 889. The van der Waals surface area contributed by atoms with Gasteiger partial charge in [-0.1, -0.05) is 78.3 Å². The van der Waals surface area contributed by atoms with Gasteiger partial charge in [0.25, 0.3) is 0 Å². The van der Waals surface area contributed by atoms with Crippen molar-refractivity contribution < 1.29 is 19.1 Å². The Labute approximate surface area is 190 Å². The standard InChI is InChI=1S/C23H28BrN3O4/c1-15(2)12-20(27-23(30)31-14-16-8-4-3-5-9-16)22(29)26-19(21(25)28)13-17-10-6-7-11-18(17)24/h3-11,15,19-20H,12-14H2,1-2H3,(H2,25,28)(H,26,29)(H,27,30)/t19-,20-/m0/s1. The summed E-state index contributed by atoms with van der Waals surface area (Å²) in [5, 5.41) is 5.28. The largest absolute Gasteiger partial charge is 0.445 e. The molecule has 8 heteroatoms. The average Bonchev–Trinajstić information content (AvgIpc) is 2.73. The zero-order chi connectivity index (χ0) is 22.8. The highest BCUT2D eigenvalue weighted by atomic mass is 79.9. The number of nitrogens with one attached hydrogen (secondary N) is 2. The summed E-state index contributed by atoms with van der Waals surface area (Å²) in [6, 6.07) is 14.9. The van der Waals surface area contributed by atoms with Crippen LogP contribution in [0.5, 0.6) is 0 Å². The fraction of sp³-hybridized carbons (Fsp3) is 0.348. The van der Waals surface area contributed by atoms with Crippen molar-refractivity contribution in [3.8, 4) is 0 Å². The van der Waals surface area contributed by atoms with Gasteiger partial charge in [-0.3, -0.25) is 9.59 Å². The van der Waals surface area contributed by atoms with Gasteiger partial charge in [-0.2, -0.15) is 0 Å². The topological polar surface area (TPSA) is 111 Å². The van der Waals surface area contributed by atoms with Crippen molar-refractivity contribution in [2.45, 2.75) is 45.4 Å². The number of amides is 3. The van der Waals surface area contributed by atoms with Gasteiger partial charge in [0, 0.05) is 10.9 Å². The Kier molecular flexibility index (Phi) is 9.52. The summed E-state index contributed by atoms with van der Waals surface area (Å²) in [4.78, 5) is 37.1. The van der Waals surface area contributed by atoms with E-state index in [2.05, 4.69) is 26.6 Å². The molecular formula is C23H28BrN3O4. The van der Waals surface area contributed by atoms with Crippen LogP contribution in [-0.4, -0.2) is 30.0 Å². The lowest BCUT2D eigenvalue weighted by Gasteiger charge is -2.23. The maximum absolute atomic E-state index is 12.9. The first kappa shape index (κ1) is 24.4. The number of carbonyl (C=O) groups is 3. The molecule has 0 radical (unpaired) electrons. The number of primary amides is 1. The van der Waals surface area contributed by atoms with E-state index < -0.39 is 30.0 Å². The Morgan fingerprint density at radius 3 is 2.23 bits per heavy atom. The van der Waals surface area contributed by atoms with Gasteiger partial charge >= 0.3 is 6.09 Å². The van der Waals surface area contributed by atoms with E-state index in [0.29, 0.717) is 6.42 Å². The molecule has 0 spiro atoms. The lowest BCUT2D eigenvalue weighted by atomic mass is 10.0. The predicted octanol–water partition coefficient (Wildman–Crippen LogP) is 3.30. The Balaban J connectivity index is 2.01. The summed E-state index contributed by atoms with van der Waals surface area (Å²) in [6.45, 7) is 3.96. The number of hydrogen-bond donors (Lipinski definition) is 3. The number of nitrogens with two attached hydrogens (primary N) is 1. The fourth-order valence-electron chi connectivity index (χ4n) is 2.99. The van der Waals surface area contributed by atoms with Gasteiger partial charge in [-0.25, -0.2) is 4.79 Å². The molecule has 31 heavy (non-hydrogen) atoms. The van der Waals surface area contributed by atoms with Crippen LogP contribution in [0.1, 0.15) is 31.4 Å². The molecule has 2 aromatic carbocycles. The summed E-state index contributed by atoms with van der Waals surface area (Å²) < 4.78 is 6.04. The molecule has 0 saturated carbocycles. The van der Waals surface area contributed by atoms with E-state index in [1.165, 1.54) is 0 Å². The normalized spacial score (nSPS) is 12.6. The number of carbonyl (C=O) groups excluding carboxylic acids is 3. The SMILES string of the molecule is CC(C)C[C@H](NC(=O)OCc1ccccc1)C(=O)N[C@@H](Cc1ccccc1Br)C(N)=O. The first-order chi connectivity index (χ1) is 14.8. The number of hydrogen-bond acceptors (Lipinski definition) is 4. The molecular weight excluding hydrogens is 462 g/mol. The second kappa shape index (κ2) is 12.1. The molecule has 0 bridgehead atoms. The smallest absolute Gasteiger partial charge is 0.408 e. The van der Waals surface area contributed by atoms with E-state index in [0.717, 1.165) is 15.6 Å². The molecule has 3 amide bonds. The second-order valence-electron chi connectivity index (χ2n) is 7.65. The molecule has 2 aromatic rings. The van der Waals surface area contributed by atoms with E-state index in [-0.39, 0.29) is 18.9 Å². The highest BCUT2D eigenvalue weighted by molar-refractivity contribution is 9.10. The average molecular weight is 490 g/mol. The summed E-state index contributed by atoms with van der Waals surface area (Å²) in [5.41, 5.74) is 7.19. The number of benzene rings is 2. The van der Waals surface area contributed by atoms with Gasteiger partial charge in [0.15, 0.2) is 0 Å². The van der Waals surface area contributed by atoms with Gasteiger partial charge in [-0.15, -0.1) is 0 Å². The van der Waals surface area contributed by atoms with Crippen molar-refractivity contribution in [2.75, 3.05) is 0 Å². The first-order valence-corrected chi connectivity index (χ1v) is 10.9. The first-order valence-electron chi connectivity index (χ1n) is 10.1. The molecule has 0 saturated heterocycles. The summed E-state index contributed by atoms with van der Waals surface area (Å²) in [7, 11) is 0. The highest BCUT2D eigenvalue weighted by Crippen LogP contribution is 2.17. The van der Waals surface area contributed by atoms with E-state index >= 15 is 0 Å². The number of halogens is 1. The number of alkyl carbamates (subject to hydrolysis) is 1. The fourth-order valence-corrected chi connectivity index (χ4v) is 3.44. The van der Waals surface area contributed by atoms with Gasteiger partial charge in [0.2, 0.25) is 11.8 Å². The third kappa shape index (κ3) is 8.41. The second-order valence-corrected chi connectivity index (χ2v) is 8.50. The van der Waals surface area contributed by atoms with Crippen LogP contribution < -0.4 is 16.4 Å². The summed E-state index contributed by atoms with van der Waals surface area (Å²) in [6.07, 6.45) is -0.0895. The molecule has 166 valence electrons. The van der Waals surface area contributed by atoms with Crippen LogP contribution in [-0.2, 0) is 27.4 Å². The molecule has 0 heterocycles. The van der Waals surface area contributed by atoms with Crippen LogP contribution in [0, 0.1) is 5.92 Å². The molecule has 0 aliphatic heterocycles. The molecule has 0 aliphatic carbocycles. The predicted molar refractivity (Wildman–Crippen MR) is 122 cm³/mol. The monoisotopic (exact) mass is 489 g/mol. The molecule has 4 N–H and O–H groups in total. The maximum atomic E-state index is 12.9. The van der Waals surface area contributed by atoms with Crippen LogP contribution in [0.3, 0.4) is 0 Å².